The van der Waals surface area contributed by atoms with E-state index < -0.39 is 11.1 Å². The number of nitrogens with one attached hydrogen (secondary N) is 2. The first-order chi connectivity index (χ1) is 17.0. The number of carbonyl (C=O) groups excluding carboxylic acids is 2. The molecule has 4 bridgehead atoms. The van der Waals surface area contributed by atoms with Crippen LogP contribution in [0.1, 0.15) is 102 Å². The van der Waals surface area contributed by atoms with E-state index in [1.807, 2.05) is 13.8 Å². The summed E-state index contributed by atoms with van der Waals surface area (Å²) in [5.41, 5.74) is 4.76. The third-order valence-corrected chi connectivity index (χ3v) is 9.63. The summed E-state index contributed by atoms with van der Waals surface area (Å²) in [5, 5.41) is 10.8. The van der Waals surface area contributed by atoms with Crippen LogP contribution >= 0.6 is 11.8 Å². The van der Waals surface area contributed by atoms with Crippen LogP contribution < -0.4 is 21.1 Å². The fourth-order valence-electron chi connectivity index (χ4n) is 7.35. The van der Waals surface area contributed by atoms with Gasteiger partial charge in [-0.3, -0.25) is 9.59 Å². The average molecular weight is 519 g/mol. The summed E-state index contributed by atoms with van der Waals surface area (Å²) < 4.78 is 11.7. The Balaban J connectivity index is 1.27. The van der Waals surface area contributed by atoms with Crippen LogP contribution in [0, 0.1) is 17.8 Å². The Kier molecular flexibility index (Phi) is 6.86. The molecule has 0 unspecified atom stereocenters. The van der Waals surface area contributed by atoms with Gasteiger partial charge in [0, 0.05) is 10.8 Å². The van der Waals surface area contributed by atoms with Gasteiger partial charge in [-0.25, -0.2) is 0 Å². The molecule has 5 aliphatic carbocycles. The second-order valence-electron chi connectivity index (χ2n) is 13.0. The van der Waals surface area contributed by atoms with E-state index in [2.05, 4.69) is 29.6 Å². The molecule has 0 atom stereocenters. The molecule has 6 rings (SSSR count). The molecule has 0 saturated heterocycles. The van der Waals surface area contributed by atoms with Crippen molar-refractivity contribution in [1.29, 1.82) is 0 Å². The van der Waals surface area contributed by atoms with E-state index in [0.717, 1.165) is 49.9 Å². The van der Waals surface area contributed by atoms with Gasteiger partial charge in [-0.15, -0.1) is 11.8 Å². The highest BCUT2D eigenvalue weighted by molar-refractivity contribution is 8.00. The predicted octanol–water partition coefficient (Wildman–Crippen LogP) is 4.42. The molecule has 0 aliphatic heterocycles. The van der Waals surface area contributed by atoms with Crippen LogP contribution in [0.25, 0.3) is 0 Å². The number of aromatic nitrogens is 1. The Bertz CT molecular complexity index is 963. The summed E-state index contributed by atoms with van der Waals surface area (Å²) in [6.07, 6.45) is 10.5. The van der Waals surface area contributed by atoms with E-state index >= 15 is 0 Å². The lowest BCUT2D eigenvalue weighted by molar-refractivity contribution is -0.128. The highest BCUT2D eigenvalue weighted by Gasteiger charge is 2.52. The number of thioether (sulfide) groups is 1. The van der Waals surface area contributed by atoms with E-state index in [1.54, 1.807) is 0 Å². The Hall–Kier alpha value is -1.74. The van der Waals surface area contributed by atoms with Crippen LogP contribution in [0.4, 0.5) is 0 Å². The number of hydrogen-bond donors (Lipinski definition) is 3. The summed E-state index contributed by atoms with van der Waals surface area (Å²) in [6, 6.07) is 0. The van der Waals surface area contributed by atoms with Crippen molar-refractivity contribution in [2.75, 3.05) is 6.61 Å². The minimum absolute atomic E-state index is 0.107. The third-order valence-electron chi connectivity index (χ3n) is 8.57. The molecule has 200 valence electrons. The lowest BCUT2D eigenvalue weighted by Gasteiger charge is -2.56. The number of rotatable bonds is 9. The zero-order chi connectivity index (χ0) is 25.7. The normalized spacial score (nSPS) is 30.6. The molecule has 9 heteroatoms. The topological polar surface area (TPSA) is 119 Å². The number of hydrogen-bond acceptors (Lipinski definition) is 7. The zero-order valence-corrected chi connectivity index (χ0v) is 23.0. The number of nitrogens with zero attached hydrogens (tertiary/aromatic N) is 1. The smallest absolute Gasteiger partial charge is 0.291 e. The third kappa shape index (κ3) is 5.28. The highest BCUT2D eigenvalue weighted by atomic mass is 32.2. The van der Waals surface area contributed by atoms with Crippen molar-refractivity contribution in [2.45, 2.75) is 119 Å². The van der Waals surface area contributed by atoms with E-state index in [4.69, 9.17) is 15.0 Å². The fraction of sp³-hybridized carbons (Fsp3) is 0.815. The fourth-order valence-corrected chi connectivity index (χ4v) is 8.26. The molecule has 4 N–H and O–H groups in total. The van der Waals surface area contributed by atoms with Gasteiger partial charge >= 0.3 is 0 Å². The minimum Gasteiger partial charge on any atom is -0.472 e. The van der Waals surface area contributed by atoms with Gasteiger partial charge in [0.2, 0.25) is 11.7 Å². The van der Waals surface area contributed by atoms with Crippen molar-refractivity contribution in [1.82, 2.24) is 15.8 Å². The SMILES string of the molecule is CC(C)Sc1c(OCC(C)(C)NC(=O)C2(N)CCCC2)noc1C(=O)NC12CC3CC(CC(C3)C1)C2. The van der Waals surface area contributed by atoms with Crippen molar-refractivity contribution in [2.24, 2.45) is 23.5 Å². The Morgan fingerprint density at radius 1 is 1.14 bits per heavy atom. The van der Waals surface area contributed by atoms with Crippen LogP contribution in [-0.4, -0.2) is 45.4 Å². The molecule has 5 fully saturated rings. The number of nitrogens with two attached hydrogens (primary N) is 1. The van der Waals surface area contributed by atoms with Crippen molar-refractivity contribution < 1.29 is 18.8 Å². The Morgan fingerprint density at radius 3 is 2.28 bits per heavy atom. The van der Waals surface area contributed by atoms with E-state index in [9.17, 15) is 9.59 Å². The molecule has 5 aliphatic rings. The molecule has 1 heterocycles. The van der Waals surface area contributed by atoms with Gasteiger partial charge in [0.05, 0.1) is 11.1 Å². The summed E-state index contributed by atoms with van der Waals surface area (Å²) >= 11 is 1.51. The van der Waals surface area contributed by atoms with Crippen molar-refractivity contribution in [3.63, 3.8) is 0 Å². The molecule has 36 heavy (non-hydrogen) atoms. The van der Waals surface area contributed by atoms with E-state index in [0.29, 0.717) is 23.6 Å². The minimum atomic E-state index is -0.799. The maximum Gasteiger partial charge on any atom is 0.291 e. The lowest BCUT2D eigenvalue weighted by Crippen LogP contribution is -2.59. The molecule has 0 spiro atoms. The first kappa shape index (κ1) is 25.9. The van der Waals surface area contributed by atoms with Crippen LogP contribution in [-0.2, 0) is 4.79 Å². The monoisotopic (exact) mass is 518 g/mol. The Morgan fingerprint density at radius 2 is 1.72 bits per heavy atom. The van der Waals surface area contributed by atoms with E-state index in [-0.39, 0.29) is 35.0 Å². The maximum atomic E-state index is 13.5. The summed E-state index contributed by atoms with van der Waals surface area (Å²) in [6.45, 7) is 8.12. The molecule has 5 saturated carbocycles. The van der Waals surface area contributed by atoms with Crippen molar-refractivity contribution in [3.8, 4) is 5.88 Å². The van der Waals surface area contributed by atoms with Crippen LogP contribution in [0.15, 0.2) is 9.42 Å². The lowest BCUT2D eigenvalue weighted by atomic mass is 9.53. The van der Waals surface area contributed by atoms with Gasteiger partial charge in [-0.2, -0.15) is 0 Å². The second kappa shape index (κ2) is 9.53. The molecule has 8 nitrogen and oxygen atoms in total. The van der Waals surface area contributed by atoms with Crippen LogP contribution in [0.3, 0.4) is 0 Å². The van der Waals surface area contributed by atoms with Gasteiger partial charge in [0.1, 0.15) is 11.5 Å². The Labute approximate surface area is 218 Å². The quantitative estimate of drug-likeness (QED) is 0.414. The number of amides is 2. The number of carbonyl (C=O) groups is 2. The maximum absolute atomic E-state index is 13.5. The van der Waals surface area contributed by atoms with Crippen molar-refractivity contribution in [3.05, 3.63) is 5.76 Å². The molecular formula is C27H42N4O4S. The van der Waals surface area contributed by atoms with Gasteiger partial charge in [-0.1, -0.05) is 26.7 Å². The standard InChI is InChI=1S/C27H42N4O4S/c1-16(2)36-21-20(22(32)29-26-12-17-9-18(13-26)11-19(10-17)14-26)35-31-23(21)34-15-25(3,4)30-24(33)27(28)7-5-6-8-27/h16-19H,5-15,28H2,1-4H3,(H,29,32)(H,30,33). The first-order valence-corrected chi connectivity index (χ1v) is 14.6. The molecule has 2 amide bonds. The summed E-state index contributed by atoms with van der Waals surface area (Å²) in [5.74, 6) is 2.42. The summed E-state index contributed by atoms with van der Waals surface area (Å²) in [4.78, 5) is 26.9. The van der Waals surface area contributed by atoms with Crippen molar-refractivity contribution >= 4 is 23.6 Å². The van der Waals surface area contributed by atoms with E-state index in [1.165, 1.54) is 31.0 Å². The predicted molar refractivity (Wildman–Crippen MR) is 139 cm³/mol. The first-order valence-electron chi connectivity index (χ1n) is 13.7. The van der Waals surface area contributed by atoms with Crippen LogP contribution in [0.2, 0.25) is 0 Å². The van der Waals surface area contributed by atoms with Gasteiger partial charge in [0.15, 0.2) is 0 Å². The van der Waals surface area contributed by atoms with Gasteiger partial charge < -0.3 is 25.6 Å². The average Bonchev–Trinajstić information content (AvgIpc) is 3.37. The molecule has 0 aromatic carbocycles. The molecule has 1 aromatic rings. The van der Waals surface area contributed by atoms with Crippen LogP contribution in [0.5, 0.6) is 5.88 Å². The molecule has 1 aromatic heterocycles. The highest BCUT2D eigenvalue weighted by Crippen LogP contribution is 2.55. The zero-order valence-electron chi connectivity index (χ0n) is 22.2. The largest absolute Gasteiger partial charge is 0.472 e. The number of ether oxygens (including phenoxy) is 1. The summed E-state index contributed by atoms with van der Waals surface area (Å²) in [7, 11) is 0. The molecule has 0 radical (unpaired) electrons. The molecular weight excluding hydrogens is 476 g/mol. The van der Waals surface area contributed by atoms with Gasteiger partial charge in [-0.05, 0) is 88.1 Å². The van der Waals surface area contributed by atoms with Gasteiger partial charge in [0.25, 0.3) is 11.8 Å². The second-order valence-corrected chi connectivity index (χ2v) is 14.5.